The summed E-state index contributed by atoms with van der Waals surface area (Å²) in [6.45, 7) is 1.37. The van der Waals surface area contributed by atoms with Crippen LogP contribution in [-0.2, 0) is 10.2 Å². The highest BCUT2D eigenvalue weighted by atomic mass is 32.2. The minimum atomic E-state index is -3.47. The lowest BCUT2D eigenvalue weighted by Crippen LogP contribution is -2.48. The summed E-state index contributed by atoms with van der Waals surface area (Å²) in [4.78, 5) is 18.8. The van der Waals surface area contributed by atoms with Crippen LogP contribution in [0.5, 0.6) is 5.88 Å². The lowest BCUT2D eigenvalue weighted by Gasteiger charge is -2.36. The number of carbonyl (C=O) groups is 1. The molecule has 2 bridgehead atoms. The van der Waals surface area contributed by atoms with Gasteiger partial charge in [-0.05, 0) is 24.8 Å². The van der Waals surface area contributed by atoms with Crippen molar-refractivity contribution in [1.82, 2.24) is 18.5 Å². The summed E-state index contributed by atoms with van der Waals surface area (Å²) < 4.78 is 32.9. The van der Waals surface area contributed by atoms with Gasteiger partial charge in [0.25, 0.3) is 16.1 Å². The van der Waals surface area contributed by atoms with E-state index in [0.29, 0.717) is 31.1 Å². The minimum Gasteiger partial charge on any atom is -0.481 e. The van der Waals surface area contributed by atoms with E-state index in [1.807, 2.05) is 4.90 Å². The predicted octanol–water partition coefficient (Wildman–Crippen LogP) is 0.433. The van der Waals surface area contributed by atoms with Crippen molar-refractivity contribution >= 4 is 16.1 Å². The number of hydrogen-bond acceptors (Lipinski definition) is 5. The Morgan fingerprint density at radius 3 is 2.72 bits per heavy atom. The van der Waals surface area contributed by atoms with Gasteiger partial charge >= 0.3 is 0 Å². The van der Waals surface area contributed by atoms with Crippen molar-refractivity contribution in [2.24, 2.45) is 5.92 Å². The van der Waals surface area contributed by atoms with Gasteiger partial charge in [-0.1, -0.05) is 0 Å². The van der Waals surface area contributed by atoms with E-state index in [1.165, 1.54) is 29.8 Å². The number of ether oxygens (including phenoxy) is 1. The first-order chi connectivity index (χ1) is 11.8. The molecule has 1 amide bonds. The molecule has 3 aliphatic rings. The lowest BCUT2D eigenvalue weighted by atomic mass is 9.94. The fraction of sp³-hybridized carbons (Fsp3) is 0.625. The number of hydrogen-bond donors (Lipinski definition) is 0. The standard InChI is InChI=1S/C16H24N4O4S/c1-18(2)25(22,23)19-9-12-4-5-14(11-19)20(10-12)16(21)13-6-7-17-15(8-13)24-3/h6-8,12,14H,4-5,9-11H2,1-3H3/t12-,14+/m1/s1. The number of pyridine rings is 1. The van der Waals surface area contributed by atoms with E-state index in [9.17, 15) is 13.2 Å². The van der Waals surface area contributed by atoms with Gasteiger partial charge in [0.15, 0.2) is 0 Å². The van der Waals surface area contributed by atoms with Crippen LogP contribution < -0.4 is 4.74 Å². The Balaban J connectivity index is 1.84. The minimum absolute atomic E-state index is 0.0977. The number of nitrogens with zero attached hydrogens (tertiary/aromatic N) is 4. The normalized spacial score (nSPS) is 24.4. The molecule has 0 saturated carbocycles. The lowest BCUT2D eigenvalue weighted by molar-refractivity contribution is 0.0588. The molecule has 8 nitrogen and oxygen atoms in total. The monoisotopic (exact) mass is 368 g/mol. The number of fused-ring (bicyclic) bond motifs is 4. The molecule has 0 unspecified atom stereocenters. The molecule has 138 valence electrons. The summed E-state index contributed by atoms with van der Waals surface area (Å²) in [5.41, 5.74) is 0.515. The van der Waals surface area contributed by atoms with Gasteiger partial charge in [0.1, 0.15) is 0 Å². The van der Waals surface area contributed by atoms with Crippen molar-refractivity contribution in [3.05, 3.63) is 23.9 Å². The van der Waals surface area contributed by atoms with Gasteiger partial charge < -0.3 is 9.64 Å². The summed E-state index contributed by atoms with van der Waals surface area (Å²) in [5.74, 6) is 0.448. The quantitative estimate of drug-likeness (QED) is 0.770. The number of amides is 1. The zero-order chi connectivity index (χ0) is 18.2. The molecule has 25 heavy (non-hydrogen) atoms. The van der Waals surface area contributed by atoms with Gasteiger partial charge in [-0.15, -0.1) is 0 Å². The molecule has 3 aliphatic heterocycles. The number of carbonyl (C=O) groups excluding carboxylic acids is 1. The molecule has 9 heteroatoms. The Kier molecular flexibility index (Phi) is 4.99. The highest BCUT2D eigenvalue weighted by Gasteiger charge is 2.41. The van der Waals surface area contributed by atoms with Crippen LogP contribution in [0.3, 0.4) is 0 Å². The summed E-state index contributed by atoms with van der Waals surface area (Å²) in [6, 6.07) is 3.17. The second-order valence-electron chi connectivity index (χ2n) is 6.75. The zero-order valence-electron chi connectivity index (χ0n) is 14.8. The predicted molar refractivity (Wildman–Crippen MR) is 92.5 cm³/mol. The summed E-state index contributed by atoms with van der Waals surface area (Å²) in [5, 5.41) is 0. The van der Waals surface area contributed by atoms with Crippen LogP contribution >= 0.6 is 0 Å². The topological polar surface area (TPSA) is 83.0 Å². The van der Waals surface area contributed by atoms with Gasteiger partial charge in [-0.3, -0.25) is 4.79 Å². The molecule has 1 aromatic rings. The van der Waals surface area contributed by atoms with Crippen molar-refractivity contribution in [3.63, 3.8) is 0 Å². The maximum atomic E-state index is 13.0. The second-order valence-corrected chi connectivity index (χ2v) is 8.89. The number of piperidine rings is 1. The first-order valence-electron chi connectivity index (χ1n) is 8.31. The molecular weight excluding hydrogens is 344 g/mol. The maximum absolute atomic E-state index is 13.0. The first kappa shape index (κ1) is 18.1. The van der Waals surface area contributed by atoms with Crippen LogP contribution in [0.25, 0.3) is 0 Å². The largest absolute Gasteiger partial charge is 0.481 e. The zero-order valence-corrected chi connectivity index (χ0v) is 15.6. The third-order valence-electron chi connectivity index (χ3n) is 4.92. The molecule has 0 aromatic carbocycles. The Morgan fingerprint density at radius 2 is 2.04 bits per heavy atom. The van der Waals surface area contributed by atoms with Crippen LogP contribution in [0.2, 0.25) is 0 Å². The summed E-state index contributed by atoms with van der Waals surface area (Å²) in [7, 11) is 1.11. The fourth-order valence-electron chi connectivity index (χ4n) is 3.53. The van der Waals surface area contributed by atoms with E-state index in [2.05, 4.69) is 4.98 Å². The van der Waals surface area contributed by atoms with Crippen LogP contribution in [0.15, 0.2) is 18.3 Å². The number of aromatic nitrogens is 1. The van der Waals surface area contributed by atoms with E-state index >= 15 is 0 Å². The van der Waals surface area contributed by atoms with E-state index < -0.39 is 10.2 Å². The van der Waals surface area contributed by atoms with Crippen LogP contribution in [0, 0.1) is 5.92 Å². The fourth-order valence-corrected chi connectivity index (χ4v) is 4.75. The number of methoxy groups -OCH3 is 1. The average Bonchev–Trinajstić information content (AvgIpc) is 2.93. The smallest absolute Gasteiger partial charge is 0.281 e. The first-order valence-corrected chi connectivity index (χ1v) is 9.71. The van der Waals surface area contributed by atoms with Crippen molar-refractivity contribution in [2.75, 3.05) is 40.8 Å². The molecule has 0 aliphatic carbocycles. The van der Waals surface area contributed by atoms with Crippen molar-refractivity contribution in [3.8, 4) is 5.88 Å². The molecule has 1 aromatic heterocycles. The Hall–Kier alpha value is -1.71. The van der Waals surface area contributed by atoms with Crippen molar-refractivity contribution in [2.45, 2.75) is 18.9 Å². The SMILES string of the molecule is COc1cc(C(=O)N2C[C@@H]3CC[C@H]2CN(S(=O)(=O)N(C)C)C3)ccn1. The summed E-state index contributed by atoms with van der Waals surface area (Å²) in [6.07, 6.45) is 3.30. The Bertz CT molecular complexity index is 752. The van der Waals surface area contributed by atoms with Gasteiger partial charge in [0.2, 0.25) is 5.88 Å². The van der Waals surface area contributed by atoms with Gasteiger partial charge in [0.05, 0.1) is 7.11 Å². The molecule has 2 atom stereocenters. The third-order valence-corrected chi connectivity index (χ3v) is 6.79. The van der Waals surface area contributed by atoms with Crippen LogP contribution in [0.1, 0.15) is 23.2 Å². The molecule has 4 heterocycles. The Morgan fingerprint density at radius 1 is 1.28 bits per heavy atom. The molecular formula is C16H24N4O4S. The van der Waals surface area contributed by atoms with E-state index in [1.54, 1.807) is 18.3 Å². The van der Waals surface area contributed by atoms with E-state index in [0.717, 1.165) is 12.8 Å². The highest BCUT2D eigenvalue weighted by molar-refractivity contribution is 7.86. The third kappa shape index (κ3) is 3.49. The second kappa shape index (κ2) is 6.89. The van der Waals surface area contributed by atoms with E-state index in [4.69, 9.17) is 4.74 Å². The molecule has 0 spiro atoms. The summed E-state index contributed by atoms with van der Waals surface area (Å²) >= 11 is 0. The average molecular weight is 368 g/mol. The highest BCUT2D eigenvalue weighted by Crippen LogP contribution is 2.31. The molecule has 3 saturated heterocycles. The Labute approximate surface area is 148 Å². The van der Waals surface area contributed by atoms with Crippen molar-refractivity contribution in [1.29, 1.82) is 0 Å². The molecule has 4 rings (SSSR count). The number of rotatable bonds is 4. The van der Waals surface area contributed by atoms with Gasteiger partial charge in [0, 0.05) is 57.6 Å². The van der Waals surface area contributed by atoms with Gasteiger partial charge in [-0.25, -0.2) is 4.98 Å². The maximum Gasteiger partial charge on any atom is 0.281 e. The molecule has 3 fully saturated rings. The van der Waals surface area contributed by atoms with Gasteiger partial charge in [-0.2, -0.15) is 17.0 Å². The molecule has 0 radical (unpaired) electrons. The van der Waals surface area contributed by atoms with Crippen LogP contribution in [0.4, 0.5) is 0 Å². The van der Waals surface area contributed by atoms with Crippen LogP contribution in [-0.4, -0.2) is 79.7 Å². The van der Waals surface area contributed by atoms with E-state index in [-0.39, 0.29) is 17.9 Å². The van der Waals surface area contributed by atoms with Crippen molar-refractivity contribution < 1.29 is 17.9 Å². The molecule has 0 N–H and O–H groups in total.